The molecule has 1 amide bonds. The van der Waals surface area contributed by atoms with E-state index < -0.39 is 11.3 Å². The molecule has 0 N–H and O–H groups in total. The summed E-state index contributed by atoms with van der Waals surface area (Å²) < 4.78 is 23.0. The third-order valence-corrected chi connectivity index (χ3v) is 7.21. The van der Waals surface area contributed by atoms with E-state index in [-0.39, 0.29) is 11.8 Å². The van der Waals surface area contributed by atoms with E-state index in [2.05, 4.69) is 13.0 Å². The van der Waals surface area contributed by atoms with Gasteiger partial charge in [-0.25, -0.2) is 0 Å². The quantitative estimate of drug-likeness (QED) is 0.522. The second-order valence-electron chi connectivity index (χ2n) is 9.34. The largest absolute Gasteiger partial charge is 0.497 e. The van der Waals surface area contributed by atoms with Gasteiger partial charge in [-0.1, -0.05) is 42.8 Å². The lowest BCUT2D eigenvalue weighted by Crippen LogP contribution is -2.49. The van der Waals surface area contributed by atoms with Crippen LogP contribution in [-0.2, 0) is 26.4 Å². The van der Waals surface area contributed by atoms with E-state index in [0.717, 1.165) is 23.3 Å². The topological polar surface area (TPSA) is 57.2 Å². The van der Waals surface area contributed by atoms with Crippen LogP contribution < -0.4 is 4.74 Å². The van der Waals surface area contributed by atoms with E-state index in [1.165, 1.54) is 0 Å². The van der Waals surface area contributed by atoms with Crippen molar-refractivity contribution in [3.8, 4) is 5.75 Å². The second kappa shape index (κ2) is 9.34. The summed E-state index contributed by atoms with van der Waals surface area (Å²) in [5, 5.41) is 0.568. The number of nitrogens with zero attached hydrogens (tertiary/aromatic N) is 1. The summed E-state index contributed by atoms with van der Waals surface area (Å²) in [7, 11) is 1.65. The van der Waals surface area contributed by atoms with Crippen LogP contribution in [0.25, 0.3) is 0 Å². The normalized spacial score (nSPS) is 23.6. The molecule has 3 aliphatic rings. The molecule has 0 bridgehead atoms. The summed E-state index contributed by atoms with van der Waals surface area (Å²) >= 11 is 6.26. The Morgan fingerprint density at radius 2 is 1.85 bits per heavy atom. The third-order valence-electron chi connectivity index (χ3n) is 6.97. The maximum absolute atomic E-state index is 13.5. The molecule has 1 aliphatic carbocycles. The average molecular weight is 484 g/mol. The monoisotopic (exact) mass is 483 g/mol. The van der Waals surface area contributed by atoms with Crippen molar-refractivity contribution in [2.24, 2.45) is 5.92 Å². The number of carbonyl (C=O) groups is 1. The Morgan fingerprint density at radius 3 is 2.53 bits per heavy atom. The molecule has 2 aromatic rings. The zero-order chi connectivity index (χ0) is 23.8. The van der Waals surface area contributed by atoms with E-state index in [0.29, 0.717) is 50.0 Å². The van der Waals surface area contributed by atoms with Crippen LogP contribution in [0.3, 0.4) is 0 Å². The molecule has 5 rings (SSSR count). The predicted octanol–water partition coefficient (Wildman–Crippen LogP) is 4.95. The minimum atomic E-state index is -0.664. The highest BCUT2D eigenvalue weighted by Gasteiger charge is 2.52. The molecular formula is C27H30ClNO5. The van der Waals surface area contributed by atoms with Crippen molar-refractivity contribution in [2.75, 3.05) is 33.5 Å². The lowest BCUT2D eigenvalue weighted by atomic mass is 9.79. The maximum Gasteiger partial charge on any atom is 0.255 e. The van der Waals surface area contributed by atoms with Gasteiger partial charge < -0.3 is 23.8 Å². The van der Waals surface area contributed by atoms with Crippen LogP contribution >= 0.6 is 11.6 Å². The summed E-state index contributed by atoms with van der Waals surface area (Å²) in [6.07, 6.45) is 5.52. The molecule has 34 heavy (non-hydrogen) atoms. The molecule has 1 fully saturated rings. The lowest BCUT2D eigenvalue weighted by molar-refractivity contribution is -0.132. The molecule has 0 saturated carbocycles. The molecule has 0 aromatic heterocycles. The Hall–Kier alpha value is -2.38. The Labute approximate surface area is 205 Å². The number of hydrogen-bond acceptors (Lipinski definition) is 5. The first-order chi connectivity index (χ1) is 16.4. The number of ether oxygens (including phenoxy) is 4. The summed E-state index contributed by atoms with van der Waals surface area (Å²) in [4.78, 5) is 15.5. The molecule has 7 heteroatoms. The number of fused-ring (bicyclic) bond motifs is 2. The van der Waals surface area contributed by atoms with Crippen molar-refractivity contribution in [1.82, 2.24) is 4.90 Å². The Morgan fingerprint density at radius 1 is 1.09 bits per heavy atom. The average Bonchev–Trinajstić information content (AvgIpc) is 3.39. The fourth-order valence-corrected chi connectivity index (χ4v) is 5.38. The fourth-order valence-electron chi connectivity index (χ4n) is 5.21. The zero-order valence-electron chi connectivity index (χ0n) is 19.6. The molecule has 6 nitrogen and oxygen atoms in total. The van der Waals surface area contributed by atoms with Gasteiger partial charge in [0.05, 0.1) is 39.1 Å². The number of benzene rings is 2. The number of methoxy groups -OCH3 is 1. The highest BCUT2D eigenvalue weighted by atomic mass is 35.5. The van der Waals surface area contributed by atoms with Crippen LogP contribution in [0, 0.1) is 5.92 Å². The maximum atomic E-state index is 13.5. The molecule has 2 heterocycles. The molecule has 1 saturated heterocycles. The van der Waals surface area contributed by atoms with Crippen molar-refractivity contribution in [1.29, 1.82) is 0 Å². The summed E-state index contributed by atoms with van der Waals surface area (Å²) in [6.45, 7) is 4.93. The minimum absolute atomic E-state index is 0.00774. The molecule has 0 radical (unpaired) electrons. The van der Waals surface area contributed by atoms with E-state index in [9.17, 15) is 4.79 Å². The smallest absolute Gasteiger partial charge is 0.255 e. The second-order valence-corrected chi connectivity index (χ2v) is 9.78. The van der Waals surface area contributed by atoms with Crippen molar-refractivity contribution in [3.05, 3.63) is 76.3 Å². The van der Waals surface area contributed by atoms with E-state index in [1.807, 2.05) is 47.4 Å². The minimum Gasteiger partial charge on any atom is -0.497 e. The first kappa shape index (κ1) is 23.4. The van der Waals surface area contributed by atoms with Gasteiger partial charge >= 0.3 is 0 Å². The van der Waals surface area contributed by atoms with Gasteiger partial charge in [-0.05, 0) is 53.8 Å². The van der Waals surface area contributed by atoms with Crippen molar-refractivity contribution >= 4 is 17.5 Å². The van der Waals surface area contributed by atoms with Gasteiger partial charge in [-0.3, -0.25) is 4.79 Å². The standard InChI is InChI=1S/C27H30ClNO5/c1-19(17-32-18-20-3-6-22(31-2)7-4-20)16-29-25(30)23-15-21(28)5-8-24(23)26(29)9-11-27(12-10-26)33-13-14-34-27/h3-9,11,15,19H,10,12-14,16-18H2,1-2H3/t19-,26?/m1/s1. The van der Waals surface area contributed by atoms with Crippen LogP contribution in [0.15, 0.2) is 54.6 Å². The molecule has 2 atom stereocenters. The molecule has 1 unspecified atom stereocenters. The number of amides is 1. The van der Waals surface area contributed by atoms with Crippen LogP contribution in [0.5, 0.6) is 5.75 Å². The Kier molecular flexibility index (Phi) is 6.42. The molecule has 2 aliphatic heterocycles. The van der Waals surface area contributed by atoms with Crippen molar-refractivity contribution < 1.29 is 23.7 Å². The molecule has 180 valence electrons. The Bertz CT molecular complexity index is 1080. The third kappa shape index (κ3) is 4.24. The number of rotatable bonds is 7. The summed E-state index contributed by atoms with van der Waals surface area (Å²) in [5.41, 5.74) is 2.23. The van der Waals surface area contributed by atoms with E-state index in [4.69, 9.17) is 30.5 Å². The number of hydrogen-bond donors (Lipinski definition) is 0. The highest BCUT2D eigenvalue weighted by Crippen LogP contribution is 2.49. The zero-order valence-corrected chi connectivity index (χ0v) is 20.3. The lowest BCUT2D eigenvalue weighted by Gasteiger charge is -2.43. The van der Waals surface area contributed by atoms with Crippen LogP contribution in [0.4, 0.5) is 0 Å². The van der Waals surface area contributed by atoms with Gasteiger partial charge in [0.15, 0.2) is 5.79 Å². The molecule has 2 spiro atoms. The van der Waals surface area contributed by atoms with Crippen LogP contribution in [-0.4, -0.2) is 50.1 Å². The van der Waals surface area contributed by atoms with Gasteiger partial charge in [0.25, 0.3) is 5.91 Å². The van der Waals surface area contributed by atoms with E-state index in [1.54, 1.807) is 13.2 Å². The van der Waals surface area contributed by atoms with Gasteiger partial charge in [-0.2, -0.15) is 0 Å². The van der Waals surface area contributed by atoms with E-state index >= 15 is 0 Å². The molecule has 2 aromatic carbocycles. The number of halogens is 1. The van der Waals surface area contributed by atoms with Gasteiger partial charge in [0.1, 0.15) is 5.75 Å². The SMILES string of the molecule is COc1ccc(COC[C@H](C)CN2C(=O)c3cc(Cl)ccc3C23C=CC2(CC3)OCCO2)cc1. The van der Waals surface area contributed by atoms with Gasteiger partial charge in [0.2, 0.25) is 0 Å². The first-order valence-electron chi connectivity index (χ1n) is 11.8. The Balaban J connectivity index is 1.31. The molecular weight excluding hydrogens is 454 g/mol. The van der Waals surface area contributed by atoms with Gasteiger partial charge in [-0.15, -0.1) is 0 Å². The highest BCUT2D eigenvalue weighted by molar-refractivity contribution is 6.31. The number of carbonyl (C=O) groups excluding carboxylic acids is 1. The fraction of sp³-hybridized carbons (Fsp3) is 0.444. The summed E-state index contributed by atoms with van der Waals surface area (Å²) in [5.74, 6) is 0.313. The van der Waals surface area contributed by atoms with Crippen molar-refractivity contribution in [3.63, 3.8) is 0 Å². The summed E-state index contributed by atoms with van der Waals surface area (Å²) in [6, 6.07) is 13.5. The predicted molar refractivity (Wildman–Crippen MR) is 129 cm³/mol. The van der Waals surface area contributed by atoms with Crippen LogP contribution in [0.1, 0.15) is 41.3 Å². The van der Waals surface area contributed by atoms with Crippen molar-refractivity contribution in [2.45, 2.75) is 37.7 Å². The first-order valence-corrected chi connectivity index (χ1v) is 12.1. The van der Waals surface area contributed by atoms with Gasteiger partial charge in [0, 0.05) is 23.6 Å². The van der Waals surface area contributed by atoms with Crippen LogP contribution in [0.2, 0.25) is 5.02 Å².